The van der Waals surface area contributed by atoms with Crippen LogP contribution in [0.2, 0.25) is 0 Å². The number of likely N-dealkylation sites (tertiary alicyclic amines) is 1. The second kappa shape index (κ2) is 9.57. The van der Waals surface area contributed by atoms with Crippen molar-refractivity contribution in [3.63, 3.8) is 0 Å². The van der Waals surface area contributed by atoms with Gasteiger partial charge in [-0.1, -0.05) is 30.3 Å². The van der Waals surface area contributed by atoms with Gasteiger partial charge >= 0.3 is 0 Å². The molecule has 1 fully saturated rings. The maximum Gasteiger partial charge on any atom is 0.254 e. The number of rotatable bonds is 5. The Labute approximate surface area is 191 Å². The summed E-state index contributed by atoms with van der Waals surface area (Å²) < 4.78 is 32.1. The molecule has 172 valence electrons. The summed E-state index contributed by atoms with van der Waals surface area (Å²) in [5.41, 5.74) is 1.11. The molecule has 3 aromatic carbocycles. The Morgan fingerprint density at radius 2 is 1.70 bits per heavy atom. The fourth-order valence-electron chi connectivity index (χ4n) is 4.35. The first-order valence-corrected chi connectivity index (χ1v) is 11.0. The standard InChI is InChI=1S/C26H26F2N2O3/c1-16(18-7-9-22(27)23(28)15-18)29-25(31)17-11-13-30(14-12-17)26(32)21-8-10-24(33-2)20-6-4-3-5-19(20)21/h3-10,15-17H,11-14H2,1-2H3,(H,29,31)/t16-/m0/s1. The summed E-state index contributed by atoms with van der Waals surface area (Å²) in [6.07, 6.45) is 1.08. The number of hydrogen-bond donors (Lipinski definition) is 1. The maximum atomic E-state index is 13.5. The predicted octanol–water partition coefficient (Wildman–Crippen LogP) is 4.86. The van der Waals surface area contributed by atoms with Gasteiger partial charge in [0, 0.05) is 30.0 Å². The van der Waals surface area contributed by atoms with E-state index in [1.54, 1.807) is 31.1 Å². The van der Waals surface area contributed by atoms with E-state index in [9.17, 15) is 18.4 Å². The number of methoxy groups -OCH3 is 1. The van der Waals surface area contributed by atoms with Gasteiger partial charge in [-0.05, 0) is 55.0 Å². The zero-order valence-corrected chi connectivity index (χ0v) is 18.6. The van der Waals surface area contributed by atoms with Gasteiger partial charge in [-0.2, -0.15) is 0 Å². The molecule has 7 heteroatoms. The van der Waals surface area contributed by atoms with Crippen LogP contribution in [-0.4, -0.2) is 36.9 Å². The summed E-state index contributed by atoms with van der Waals surface area (Å²) in [4.78, 5) is 27.7. The lowest BCUT2D eigenvalue weighted by Crippen LogP contribution is -2.43. The van der Waals surface area contributed by atoms with Crippen LogP contribution < -0.4 is 10.1 Å². The van der Waals surface area contributed by atoms with E-state index in [0.717, 1.165) is 22.9 Å². The lowest BCUT2D eigenvalue weighted by molar-refractivity contribution is -0.127. The monoisotopic (exact) mass is 452 g/mol. The third-order valence-electron chi connectivity index (χ3n) is 6.29. The van der Waals surface area contributed by atoms with Crippen LogP contribution in [0.4, 0.5) is 8.78 Å². The van der Waals surface area contributed by atoms with Gasteiger partial charge in [-0.25, -0.2) is 8.78 Å². The molecular formula is C26H26F2N2O3. The zero-order chi connectivity index (χ0) is 23.5. The molecule has 1 saturated heterocycles. The van der Waals surface area contributed by atoms with E-state index < -0.39 is 17.7 Å². The molecule has 4 rings (SSSR count). The number of halogens is 2. The number of carbonyl (C=O) groups excluding carboxylic acids is 2. The fourth-order valence-corrected chi connectivity index (χ4v) is 4.35. The van der Waals surface area contributed by atoms with Crippen molar-refractivity contribution in [1.82, 2.24) is 10.2 Å². The largest absolute Gasteiger partial charge is 0.496 e. The third-order valence-corrected chi connectivity index (χ3v) is 6.29. The second-order valence-electron chi connectivity index (χ2n) is 8.33. The van der Waals surface area contributed by atoms with E-state index in [4.69, 9.17) is 4.74 Å². The minimum Gasteiger partial charge on any atom is -0.496 e. The summed E-state index contributed by atoms with van der Waals surface area (Å²) >= 11 is 0. The Balaban J connectivity index is 1.39. The quantitative estimate of drug-likeness (QED) is 0.602. The molecule has 0 saturated carbocycles. The average Bonchev–Trinajstić information content (AvgIpc) is 2.84. The number of hydrogen-bond acceptors (Lipinski definition) is 3. The molecule has 33 heavy (non-hydrogen) atoms. The molecule has 0 aromatic heterocycles. The highest BCUT2D eigenvalue weighted by atomic mass is 19.2. The topological polar surface area (TPSA) is 58.6 Å². The fraction of sp³-hybridized carbons (Fsp3) is 0.308. The van der Waals surface area contributed by atoms with Crippen molar-refractivity contribution in [2.45, 2.75) is 25.8 Å². The number of benzene rings is 3. The minimum absolute atomic E-state index is 0.0668. The van der Waals surface area contributed by atoms with Gasteiger partial charge in [-0.3, -0.25) is 9.59 Å². The Bertz CT molecular complexity index is 1190. The van der Waals surface area contributed by atoms with Gasteiger partial charge in [0.05, 0.1) is 13.2 Å². The molecule has 5 nitrogen and oxygen atoms in total. The molecule has 1 aliphatic heterocycles. The zero-order valence-electron chi connectivity index (χ0n) is 18.6. The molecule has 0 unspecified atom stereocenters. The first-order valence-electron chi connectivity index (χ1n) is 11.0. The highest BCUT2D eigenvalue weighted by molar-refractivity contribution is 6.08. The number of amides is 2. The Morgan fingerprint density at radius 3 is 2.36 bits per heavy atom. The smallest absolute Gasteiger partial charge is 0.254 e. The van der Waals surface area contributed by atoms with Crippen LogP contribution in [0, 0.1) is 17.6 Å². The number of nitrogens with zero attached hydrogens (tertiary/aromatic N) is 1. The van der Waals surface area contributed by atoms with E-state index in [1.807, 2.05) is 24.3 Å². The molecule has 0 aliphatic carbocycles. The SMILES string of the molecule is COc1ccc(C(=O)N2CCC(C(=O)N[C@@H](C)c3ccc(F)c(F)c3)CC2)c2ccccc12. The number of fused-ring (bicyclic) bond motifs is 1. The lowest BCUT2D eigenvalue weighted by Gasteiger charge is -2.32. The van der Waals surface area contributed by atoms with Gasteiger partial charge in [0.25, 0.3) is 5.91 Å². The summed E-state index contributed by atoms with van der Waals surface area (Å²) in [5, 5.41) is 4.60. The van der Waals surface area contributed by atoms with Crippen molar-refractivity contribution in [2.75, 3.05) is 20.2 Å². The van der Waals surface area contributed by atoms with Crippen molar-refractivity contribution < 1.29 is 23.1 Å². The van der Waals surface area contributed by atoms with Gasteiger partial charge in [0.2, 0.25) is 5.91 Å². The number of ether oxygens (including phenoxy) is 1. The number of piperidine rings is 1. The van der Waals surface area contributed by atoms with Crippen molar-refractivity contribution in [2.24, 2.45) is 5.92 Å². The van der Waals surface area contributed by atoms with Gasteiger partial charge in [0.15, 0.2) is 11.6 Å². The van der Waals surface area contributed by atoms with Crippen LogP contribution in [0.3, 0.4) is 0 Å². The first-order chi connectivity index (χ1) is 15.9. The van der Waals surface area contributed by atoms with E-state index in [1.165, 1.54) is 6.07 Å². The van der Waals surface area contributed by atoms with Gasteiger partial charge < -0.3 is 15.0 Å². The molecule has 1 aliphatic rings. The summed E-state index contributed by atoms with van der Waals surface area (Å²) in [6, 6.07) is 14.4. The van der Waals surface area contributed by atoms with E-state index in [-0.39, 0.29) is 17.7 Å². The molecule has 0 radical (unpaired) electrons. The van der Waals surface area contributed by atoms with E-state index >= 15 is 0 Å². The highest BCUT2D eigenvalue weighted by Gasteiger charge is 2.29. The molecule has 1 heterocycles. The van der Waals surface area contributed by atoms with Crippen LogP contribution in [0.25, 0.3) is 10.8 Å². The summed E-state index contributed by atoms with van der Waals surface area (Å²) in [6.45, 7) is 2.67. The highest BCUT2D eigenvalue weighted by Crippen LogP contribution is 2.30. The minimum atomic E-state index is -0.938. The Kier molecular flexibility index (Phi) is 6.58. The van der Waals surface area contributed by atoms with Crippen LogP contribution in [0.15, 0.2) is 54.6 Å². The summed E-state index contributed by atoms with van der Waals surface area (Å²) in [7, 11) is 1.60. The second-order valence-corrected chi connectivity index (χ2v) is 8.33. The lowest BCUT2D eigenvalue weighted by atomic mass is 9.94. The van der Waals surface area contributed by atoms with Crippen LogP contribution in [-0.2, 0) is 4.79 Å². The first kappa shape index (κ1) is 22.7. The Hall–Kier alpha value is -3.48. The average molecular weight is 453 g/mol. The molecule has 1 N–H and O–H groups in total. The van der Waals surface area contributed by atoms with Crippen LogP contribution in [0.1, 0.15) is 41.7 Å². The van der Waals surface area contributed by atoms with Gasteiger partial charge in [0.1, 0.15) is 5.75 Å². The van der Waals surface area contributed by atoms with Crippen LogP contribution >= 0.6 is 0 Å². The van der Waals surface area contributed by atoms with Crippen molar-refractivity contribution in [3.8, 4) is 5.75 Å². The maximum absolute atomic E-state index is 13.5. The van der Waals surface area contributed by atoms with Gasteiger partial charge in [-0.15, -0.1) is 0 Å². The Morgan fingerprint density at radius 1 is 1.00 bits per heavy atom. The van der Waals surface area contributed by atoms with Crippen LogP contribution in [0.5, 0.6) is 5.75 Å². The van der Waals surface area contributed by atoms with E-state index in [2.05, 4.69) is 5.32 Å². The molecule has 2 amide bonds. The third kappa shape index (κ3) is 4.67. The molecular weight excluding hydrogens is 426 g/mol. The van der Waals surface area contributed by atoms with Crippen molar-refractivity contribution >= 4 is 22.6 Å². The van der Waals surface area contributed by atoms with Crippen molar-refractivity contribution in [3.05, 3.63) is 77.4 Å². The number of nitrogens with one attached hydrogen (secondary N) is 1. The molecule has 1 atom stereocenters. The van der Waals surface area contributed by atoms with E-state index in [0.29, 0.717) is 42.8 Å². The van der Waals surface area contributed by atoms with Crippen molar-refractivity contribution in [1.29, 1.82) is 0 Å². The molecule has 0 spiro atoms. The number of carbonyl (C=O) groups is 2. The summed E-state index contributed by atoms with van der Waals surface area (Å²) in [5.74, 6) is -1.59. The normalized spacial score (nSPS) is 15.3. The molecule has 0 bridgehead atoms. The predicted molar refractivity (Wildman–Crippen MR) is 122 cm³/mol. The molecule has 3 aromatic rings.